The van der Waals surface area contributed by atoms with Gasteiger partial charge >= 0.3 is 0 Å². The summed E-state index contributed by atoms with van der Waals surface area (Å²) in [5, 5.41) is 9.20. The molecule has 2 aromatic rings. The van der Waals surface area contributed by atoms with E-state index in [1.165, 1.54) is 28.9 Å². The molecule has 1 aromatic carbocycles. The fourth-order valence-corrected chi connectivity index (χ4v) is 2.28. The summed E-state index contributed by atoms with van der Waals surface area (Å²) in [4.78, 5) is 2.33. The molecule has 0 aliphatic heterocycles. The molecule has 2 rings (SSSR count). The van der Waals surface area contributed by atoms with Crippen molar-refractivity contribution < 1.29 is 13.5 Å². The largest absolute Gasteiger partial charge is 0.508 e. The lowest BCUT2D eigenvalue weighted by Gasteiger charge is -2.08. The monoisotopic (exact) mass is 238 g/mol. The zero-order chi connectivity index (χ0) is 11.6. The van der Waals surface area contributed by atoms with E-state index in [1.807, 2.05) is 0 Å². The quantitative estimate of drug-likeness (QED) is 0.842. The van der Waals surface area contributed by atoms with E-state index in [1.54, 1.807) is 24.5 Å². The maximum atomic E-state index is 11.8. The molecular weight excluding hydrogens is 228 g/mol. The first kappa shape index (κ1) is 10.6. The van der Waals surface area contributed by atoms with E-state index in [0.29, 0.717) is 0 Å². The van der Waals surface area contributed by atoms with E-state index in [0.717, 1.165) is 0 Å². The second kappa shape index (κ2) is 3.90. The molecule has 0 radical (unpaired) electrons. The third-order valence-corrected chi connectivity index (χ3v) is 3.28. The molecule has 0 fully saturated rings. The topological polar surface area (TPSA) is 71.3 Å². The van der Waals surface area contributed by atoms with E-state index in [2.05, 4.69) is 4.83 Å². The first-order valence-corrected chi connectivity index (χ1v) is 6.01. The number of aromatic nitrogens is 1. The van der Waals surface area contributed by atoms with E-state index < -0.39 is 10.0 Å². The number of nitrogens with one attached hydrogen (secondary N) is 1. The molecule has 0 unspecified atom stereocenters. The molecule has 0 bridgehead atoms. The molecule has 0 aliphatic rings. The highest BCUT2D eigenvalue weighted by molar-refractivity contribution is 7.92. The maximum Gasteiger partial charge on any atom is 0.275 e. The lowest BCUT2D eigenvalue weighted by atomic mass is 10.3. The number of sulfonamides is 1. The number of hydrogen-bond donors (Lipinski definition) is 2. The Hall–Kier alpha value is -1.95. The van der Waals surface area contributed by atoms with Gasteiger partial charge in [0, 0.05) is 18.5 Å². The molecule has 5 nitrogen and oxygen atoms in total. The number of rotatable bonds is 3. The van der Waals surface area contributed by atoms with Gasteiger partial charge in [-0.1, -0.05) is 6.07 Å². The van der Waals surface area contributed by atoms with Crippen molar-refractivity contribution in [2.24, 2.45) is 0 Å². The van der Waals surface area contributed by atoms with Gasteiger partial charge < -0.3 is 5.11 Å². The van der Waals surface area contributed by atoms with Crippen molar-refractivity contribution in [3.05, 3.63) is 48.8 Å². The van der Waals surface area contributed by atoms with Crippen molar-refractivity contribution in [2.75, 3.05) is 4.83 Å². The Morgan fingerprint density at radius 3 is 2.44 bits per heavy atom. The molecule has 1 aromatic heterocycles. The van der Waals surface area contributed by atoms with Crippen LogP contribution in [0.2, 0.25) is 0 Å². The minimum absolute atomic E-state index is 0.0150. The van der Waals surface area contributed by atoms with Crippen molar-refractivity contribution in [1.82, 2.24) is 4.68 Å². The van der Waals surface area contributed by atoms with Crippen LogP contribution in [0.15, 0.2) is 53.7 Å². The van der Waals surface area contributed by atoms with Gasteiger partial charge in [0.15, 0.2) is 0 Å². The molecule has 0 spiro atoms. The summed E-state index contributed by atoms with van der Waals surface area (Å²) >= 11 is 0. The first-order valence-electron chi connectivity index (χ1n) is 4.53. The minimum Gasteiger partial charge on any atom is -0.508 e. The van der Waals surface area contributed by atoms with Crippen molar-refractivity contribution >= 4 is 10.0 Å². The van der Waals surface area contributed by atoms with Crippen molar-refractivity contribution in [2.45, 2.75) is 4.90 Å². The van der Waals surface area contributed by atoms with Crippen LogP contribution in [0.3, 0.4) is 0 Å². The Bertz CT molecular complexity index is 576. The summed E-state index contributed by atoms with van der Waals surface area (Å²) in [6.45, 7) is 0. The average molecular weight is 238 g/mol. The number of aromatic hydroxyl groups is 1. The number of nitrogens with zero attached hydrogens (tertiary/aromatic N) is 1. The summed E-state index contributed by atoms with van der Waals surface area (Å²) in [7, 11) is -3.65. The summed E-state index contributed by atoms with van der Waals surface area (Å²) in [6, 6.07) is 8.88. The zero-order valence-corrected chi connectivity index (χ0v) is 9.05. The Morgan fingerprint density at radius 1 is 1.12 bits per heavy atom. The van der Waals surface area contributed by atoms with E-state index in [9.17, 15) is 13.5 Å². The number of benzene rings is 1. The van der Waals surface area contributed by atoms with Gasteiger partial charge in [0.05, 0.1) is 4.90 Å². The number of hydrogen-bond acceptors (Lipinski definition) is 3. The Kier molecular flexibility index (Phi) is 2.57. The summed E-state index contributed by atoms with van der Waals surface area (Å²) in [5.74, 6) is -0.0876. The van der Waals surface area contributed by atoms with Crippen LogP contribution in [0, 0.1) is 0 Å². The predicted octanol–water partition coefficient (Wildman–Crippen LogP) is 1.13. The van der Waals surface area contributed by atoms with Crippen LogP contribution in [0.1, 0.15) is 0 Å². The van der Waals surface area contributed by atoms with E-state index in [4.69, 9.17) is 0 Å². The van der Waals surface area contributed by atoms with Crippen LogP contribution in [-0.4, -0.2) is 18.2 Å². The lowest BCUT2D eigenvalue weighted by Crippen LogP contribution is -2.21. The van der Waals surface area contributed by atoms with Gasteiger partial charge in [0.2, 0.25) is 0 Å². The van der Waals surface area contributed by atoms with Crippen LogP contribution >= 0.6 is 0 Å². The van der Waals surface area contributed by atoms with Crippen molar-refractivity contribution in [3.63, 3.8) is 0 Å². The second-order valence-corrected chi connectivity index (χ2v) is 4.84. The average Bonchev–Trinajstić information content (AvgIpc) is 2.70. The van der Waals surface area contributed by atoms with Crippen LogP contribution < -0.4 is 4.83 Å². The molecule has 84 valence electrons. The van der Waals surface area contributed by atoms with Crippen molar-refractivity contribution in [3.8, 4) is 5.75 Å². The van der Waals surface area contributed by atoms with Crippen molar-refractivity contribution in [1.29, 1.82) is 0 Å². The minimum atomic E-state index is -3.65. The second-order valence-electron chi connectivity index (χ2n) is 3.18. The molecule has 6 heteroatoms. The molecule has 2 N–H and O–H groups in total. The molecule has 16 heavy (non-hydrogen) atoms. The summed E-state index contributed by atoms with van der Waals surface area (Å²) in [5.41, 5.74) is 0. The smallest absolute Gasteiger partial charge is 0.275 e. The third kappa shape index (κ3) is 2.17. The van der Waals surface area contributed by atoms with Gasteiger partial charge in [-0.05, 0) is 24.3 Å². The Labute approximate surface area is 93.0 Å². The fourth-order valence-electron chi connectivity index (χ4n) is 1.24. The molecule has 0 amide bonds. The predicted molar refractivity (Wildman–Crippen MR) is 59.1 cm³/mol. The number of phenolic OH excluding ortho intramolecular Hbond substituents is 1. The fraction of sp³-hybridized carbons (Fsp3) is 0. The summed E-state index contributed by atoms with van der Waals surface area (Å²) in [6.07, 6.45) is 3.14. The van der Waals surface area contributed by atoms with E-state index in [-0.39, 0.29) is 10.6 Å². The summed E-state index contributed by atoms with van der Waals surface area (Å²) < 4.78 is 24.9. The number of phenols is 1. The maximum absolute atomic E-state index is 11.8. The highest BCUT2D eigenvalue weighted by Gasteiger charge is 2.13. The third-order valence-electron chi connectivity index (χ3n) is 1.96. The van der Waals surface area contributed by atoms with Gasteiger partial charge in [0.1, 0.15) is 5.75 Å². The molecular formula is C10H10N2O3S. The Morgan fingerprint density at radius 2 is 1.81 bits per heavy atom. The van der Waals surface area contributed by atoms with Gasteiger partial charge in [-0.25, -0.2) is 4.83 Å². The van der Waals surface area contributed by atoms with Gasteiger partial charge in [-0.2, -0.15) is 8.42 Å². The SMILES string of the molecule is O=S(=O)(Nn1cccc1)c1cccc(O)c1. The Balaban J connectivity index is 2.33. The normalized spacial score (nSPS) is 11.2. The van der Waals surface area contributed by atoms with Gasteiger partial charge in [-0.3, -0.25) is 4.68 Å². The zero-order valence-electron chi connectivity index (χ0n) is 8.24. The first-order chi connectivity index (χ1) is 7.58. The van der Waals surface area contributed by atoms with Gasteiger partial charge in [-0.15, -0.1) is 0 Å². The standard InChI is InChI=1S/C10H10N2O3S/c13-9-4-3-5-10(8-9)16(14,15)11-12-6-1-2-7-12/h1-8,11,13H. The molecule has 1 heterocycles. The molecule has 0 atom stereocenters. The van der Waals surface area contributed by atoms with Crippen LogP contribution in [-0.2, 0) is 10.0 Å². The van der Waals surface area contributed by atoms with Crippen LogP contribution in [0.25, 0.3) is 0 Å². The molecule has 0 saturated heterocycles. The van der Waals surface area contributed by atoms with Gasteiger partial charge in [0.25, 0.3) is 10.0 Å². The molecule has 0 aliphatic carbocycles. The highest BCUT2D eigenvalue weighted by atomic mass is 32.2. The van der Waals surface area contributed by atoms with Crippen LogP contribution in [0.5, 0.6) is 5.75 Å². The van der Waals surface area contributed by atoms with Crippen LogP contribution in [0.4, 0.5) is 0 Å². The van der Waals surface area contributed by atoms with E-state index >= 15 is 0 Å². The highest BCUT2D eigenvalue weighted by Crippen LogP contribution is 2.16. The molecule has 0 saturated carbocycles. The lowest BCUT2D eigenvalue weighted by molar-refractivity contribution is 0.473.